The highest BCUT2D eigenvalue weighted by atomic mass is 32.1. The van der Waals surface area contributed by atoms with E-state index >= 15 is 0 Å². The van der Waals surface area contributed by atoms with Crippen molar-refractivity contribution in [3.8, 4) is 10.4 Å². The minimum atomic E-state index is -0.548. The van der Waals surface area contributed by atoms with Gasteiger partial charge in [-0.3, -0.25) is 9.89 Å². The van der Waals surface area contributed by atoms with Crippen LogP contribution in [0.2, 0.25) is 0 Å². The van der Waals surface area contributed by atoms with Gasteiger partial charge in [0.05, 0.1) is 11.7 Å². The number of carbonyl (C=O) groups excluding carboxylic acids is 1. The van der Waals surface area contributed by atoms with Crippen LogP contribution in [-0.2, 0) is 0 Å². The van der Waals surface area contributed by atoms with Gasteiger partial charge in [0.15, 0.2) is 0 Å². The number of aromatic amines is 2. The first-order valence-corrected chi connectivity index (χ1v) is 8.13. The third-order valence-corrected chi connectivity index (χ3v) is 5.17. The molecule has 0 bridgehead atoms. The maximum absolute atomic E-state index is 12.4. The summed E-state index contributed by atoms with van der Waals surface area (Å²) in [4.78, 5) is 33.6. The Labute approximate surface area is 140 Å². The lowest BCUT2D eigenvalue weighted by Crippen LogP contribution is -2.36. The molecule has 4 rings (SSSR count). The summed E-state index contributed by atoms with van der Waals surface area (Å²) in [7, 11) is 0. The molecule has 1 unspecified atom stereocenters. The van der Waals surface area contributed by atoms with Gasteiger partial charge in [0.1, 0.15) is 16.6 Å². The number of thiophene rings is 1. The molecule has 1 atom stereocenters. The van der Waals surface area contributed by atoms with Crippen molar-refractivity contribution in [2.45, 2.75) is 13.0 Å². The molecule has 3 aromatic heterocycles. The number of nitrogens with two attached hydrogens (primary N) is 1. The second kappa shape index (κ2) is 5.31. The molecule has 2 amide bonds. The largest absolute Gasteiger partial charge is 0.351 e. The molecule has 3 aromatic rings. The van der Waals surface area contributed by atoms with Crippen LogP contribution in [0, 0.1) is 6.92 Å². The van der Waals surface area contributed by atoms with Gasteiger partial charge in [-0.2, -0.15) is 5.10 Å². The van der Waals surface area contributed by atoms with Crippen LogP contribution in [0.1, 0.15) is 17.6 Å². The van der Waals surface area contributed by atoms with Crippen LogP contribution in [0.3, 0.4) is 0 Å². The Balaban J connectivity index is 1.83. The van der Waals surface area contributed by atoms with Gasteiger partial charge in [-0.1, -0.05) is 12.2 Å². The van der Waals surface area contributed by atoms with Crippen LogP contribution < -0.4 is 11.3 Å². The molecule has 1 aliphatic heterocycles. The molecule has 0 saturated carbocycles. The average molecular weight is 342 g/mol. The van der Waals surface area contributed by atoms with Gasteiger partial charge >= 0.3 is 6.03 Å². The molecule has 122 valence electrons. The molecule has 0 aliphatic carbocycles. The van der Waals surface area contributed by atoms with Crippen molar-refractivity contribution in [3.63, 3.8) is 0 Å². The summed E-state index contributed by atoms with van der Waals surface area (Å²) in [5, 5.41) is 6.89. The fraction of sp³-hybridized carbons (Fsp3) is 0.200. The van der Waals surface area contributed by atoms with E-state index in [1.165, 1.54) is 16.2 Å². The quantitative estimate of drug-likeness (QED) is 0.613. The number of H-pyrrole nitrogens is 2. The molecule has 4 heterocycles. The highest BCUT2D eigenvalue weighted by Gasteiger charge is 2.27. The summed E-state index contributed by atoms with van der Waals surface area (Å²) in [5.74, 6) is 0.410. The Morgan fingerprint density at radius 1 is 1.50 bits per heavy atom. The van der Waals surface area contributed by atoms with E-state index in [9.17, 15) is 9.59 Å². The maximum atomic E-state index is 12.4. The van der Waals surface area contributed by atoms with Crippen molar-refractivity contribution in [3.05, 3.63) is 46.3 Å². The highest BCUT2D eigenvalue weighted by molar-refractivity contribution is 7.22. The van der Waals surface area contributed by atoms with Crippen molar-refractivity contribution in [1.29, 1.82) is 0 Å². The number of amides is 2. The SMILES string of the molecule is Cc1[nH]ncc1-c1cc2nc(C3C=CCN3C(N)=O)[nH]c(=O)c2s1. The molecular weight excluding hydrogens is 328 g/mol. The molecule has 0 spiro atoms. The Hall–Kier alpha value is -2.94. The number of urea groups is 1. The monoisotopic (exact) mass is 342 g/mol. The molecule has 0 saturated heterocycles. The summed E-state index contributed by atoms with van der Waals surface area (Å²) in [6.07, 6.45) is 5.36. The van der Waals surface area contributed by atoms with Gasteiger partial charge in [-0.25, -0.2) is 9.78 Å². The topological polar surface area (TPSA) is 121 Å². The van der Waals surface area contributed by atoms with Crippen molar-refractivity contribution in [2.24, 2.45) is 5.73 Å². The van der Waals surface area contributed by atoms with E-state index in [1.807, 2.05) is 25.1 Å². The molecular formula is C15H14N6O2S. The Morgan fingerprint density at radius 3 is 3.04 bits per heavy atom. The van der Waals surface area contributed by atoms with Crippen molar-refractivity contribution >= 4 is 27.6 Å². The van der Waals surface area contributed by atoms with E-state index in [0.29, 0.717) is 22.6 Å². The number of aryl methyl sites for hydroxylation is 1. The fourth-order valence-corrected chi connectivity index (χ4v) is 3.88. The Morgan fingerprint density at radius 2 is 2.33 bits per heavy atom. The van der Waals surface area contributed by atoms with E-state index in [2.05, 4.69) is 20.2 Å². The Bertz CT molecular complexity index is 1030. The van der Waals surface area contributed by atoms with Crippen LogP contribution in [0.25, 0.3) is 20.7 Å². The minimum Gasteiger partial charge on any atom is -0.351 e. The summed E-state index contributed by atoms with van der Waals surface area (Å²) < 4.78 is 0.543. The Kier molecular flexibility index (Phi) is 3.24. The molecule has 8 nitrogen and oxygen atoms in total. The zero-order chi connectivity index (χ0) is 16.8. The molecule has 0 radical (unpaired) electrons. The first-order valence-electron chi connectivity index (χ1n) is 7.31. The lowest BCUT2D eigenvalue weighted by atomic mass is 10.2. The minimum absolute atomic E-state index is 0.225. The van der Waals surface area contributed by atoms with Gasteiger partial charge in [-0.05, 0) is 13.0 Å². The van der Waals surface area contributed by atoms with E-state index in [0.717, 1.165) is 16.1 Å². The summed E-state index contributed by atoms with van der Waals surface area (Å²) in [6, 6.07) is 0.871. The summed E-state index contributed by atoms with van der Waals surface area (Å²) in [6.45, 7) is 2.33. The van der Waals surface area contributed by atoms with Crippen LogP contribution in [-0.4, -0.2) is 37.6 Å². The van der Waals surface area contributed by atoms with Crippen molar-refractivity contribution in [2.75, 3.05) is 6.54 Å². The smallest absolute Gasteiger partial charge is 0.315 e. The third kappa shape index (κ3) is 2.21. The standard InChI is InChI=1S/C15H14N6O2S/c1-7-8(6-17-20-7)11-5-9-12(24-11)14(22)19-13(18-9)10-3-2-4-21(10)15(16)23/h2-3,5-6,10H,4H2,1H3,(H2,16,23)(H,17,20)(H,18,19,22). The molecule has 4 N–H and O–H groups in total. The predicted molar refractivity (Wildman–Crippen MR) is 90.7 cm³/mol. The first-order chi connectivity index (χ1) is 11.5. The zero-order valence-corrected chi connectivity index (χ0v) is 13.6. The van der Waals surface area contributed by atoms with E-state index in [4.69, 9.17) is 5.73 Å². The normalized spacial score (nSPS) is 17.0. The number of primary amides is 1. The van der Waals surface area contributed by atoms with E-state index < -0.39 is 12.1 Å². The number of carbonyl (C=O) groups is 1. The second-order valence-electron chi connectivity index (χ2n) is 5.55. The lowest BCUT2D eigenvalue weighted by Gasteiger charge is -2.21. The molecule has 0 fully saturated rings. The third-order valence-electron chi connectivity index (χ3n) is 4.02. The van der Waals surface area contributed by atoms with Gasteiger partial charge in [0.25, 0.3) is 5.56 Å². The zero-order valence-electron chi connectivity index (χ0n) is 12.7. The van der Waals surface area contributed by atoms with Crippen LogP contribution in [0.5, 0.6) is 0 Å². The molecule has 0 aromatic carbocycles. The van der Waals surface area contributed by atoms with Gasteiger partial charge in [-0.15, -0.1) is 11.3 Å². The number of aromatic nitrogens is 4. The number of fused-ring (bicyclic) bond motifs is 1. The maximum Gasteiger partial charge on any atom is 0.315 e. The second-order valence-corrected chi connectivity index (χ2v) is 6.60. The molecule has 1 aliphatic rings. The van der Waals surface area contributed by atoms with Crippen molar-refractivity contribution < 1.29 is 4.79 Å². The van der Waals surface area contributed by atoms with Crippen LogP contribution in [0.15, 0.2) is 29.2 Å². The van der Waals surface area contributed by atoms with Gasteiger partial charge in [0, 0.05) is 22.7 Å². The van der Waals surface area contributed by atoms with E-state index in [-0.39, 0.29) is 5.56 Å². The summed E-state index contributed by atoms with van der Waals surface area (Å²) in [5.41, 5.74) is 7.62. The fourth-order valence-electron chi connectivity index (χ4n) is 2.82. The number of rotatable bonds is 2. The van der Waals surface area contributed by atoms with Crippen LogP contribution >= 0.6 is 11.3 Å². The highest BCUT2D eigenvalue weighted by Crippen LogP contribution is 2.33. The number of nitrogens with one attached hydrogen (secondary N) is 2. The lowest BCUT2D eigenvalue weighted by molar-refractivity contribution is 0.205. The van der Waals surface area contributed by atoms with Gasteiger partial charge in [0.2, 0.25) is 0 Å². The molecule has 9 heteroatoms. The predicted octanol–water partition coefficient (Wildman–Crippen LogP) is 1.67. The number of hydrogen-bond acceptors (Lipinski definition) is 5. The number of nitrogens with zero attached hydrogens (tertiary/aromatic N) is 3. The van der Waals surface area contributed by atoms with E-state index in [1.54, 1.807) is 6.20 Å². The van der Waals surface area contributed by atoms with Crippen molar-refractivity contribution in [1.82, 2.24) is 25.1 Å². The average Bonchev–Trinajstić information content (AvgIpc) is 3.24. The summed E-state index contributed by atoms with van der Waals surface area (Å²) >= 11 is 1.36. The van der Waals surface area contributed by atoms with Crippen LogP contribution in [0.4, 0.5) is 4.79 Å². The van der Waals surface area contributed by atoms with Gasteiger partial charge < -0.3 is 15.6 Å². The molecule has 24 heavy (non-hydrogen) atoms. The number of hydrogen-bond donors (Lipinski definition) is 3. The first kappa shape index (κ1) is 14.6.